The summed E-state index contributed by atoms with van der Waals surface area (Å²) in [6.45, 7) is 0. The maximum atomic E-state index is 12.9. The van der Waals surface area contributed by atoms with Gasteiger partial charge in [0.05, 0.1) is 27.6 Å². The molecule has 2 rings (SSSR count). The SMILES string of the molecule is Nc1cc(C(F)(F)F)ccc1Nc1ccc(F)cc1Cl. The van der Waals surface area contributed by atoms with E-state index in [0.29, 0.717) is 5.69 Å². The van der Waals surface area contributed by atoms with Gasteiger partial charge in [0.25, 0.3) is 0 Å². The van der Waals surface area contributed by atoms with Crippen LogP contribution in [-0.4, -0.2) is 0 Å². The highest BCUT2D eigenvalue weighted by Crippen LogP contribution is 2.34. The van der Waals surface area contributed by atoms with E-state index < -0.39 is 17.6 Å². The summed E-state index contributed by atoms with van der Waals surface area (Å²) in [5.41, 5.74) is 5.24. The average molecular weight is 305 g/mol. The summed E-state index contributed by atoms with van der Waals surface area (Å²) >= 11 is 5.81. The van der Waals surface area contributed by atoms with Gasteiger partial charge in [0.2, 0.25) is 0 Å². The molecule has 0 heterocycles. The lowest BCUT2D eigenvalue weighted by atomic mass is 10.1. The van der Waals surface area contributed by atoms with Crippen LogP contribution in [0.5, 0.6) is 0 Å². The van der Waals surface area contributed by atoms with Gasteiger partial charge >= 0.3 is 6.18 Å². The first-order chi connectivity index (χ1) is 9.27. The number of hydrogen-bond acceptors (Lipinski definition) is 2. The summed E-state index contributed by atoms with van der Waals surface area (Å²) in [5.74, 6) is -0.513. The quantitative estimate of drug-likeness (QED) is 0.616. The summed E-state index contributed by atoms with van der Waals surface area (Å²) in [5, 5.41) is 2.86. The Morgan fingerprint density at radius 1 is 1.00 bits per heavy atom. The number of hydrogen-bond donors (Lipinski definition) is 2. The van der Waals surface area contributed by atoms with Crippen molar-refractivity contribution in [2.24, 2.45) is 0 Å². The second-order valence-electron chi connectivity index (χ2n) is 4.05. The van der Waals surface area contributed by atoms with Gasteiger partial charge in [0.15, 0.2) is 0 Å². The van der Waals surface area contributed by atoms with Crippen LogP contribution >= 0.6 is 11.6 Å². The highest BCUT2D eigenvalue weighted by molar-refractivity contribution is 6.33. The molecule has 7 heteroatoms. The molecule has 0 aliphatic heterocycles. The Morgan fingerprint density at radius 2 is 1.65 bits per heavy atom. The molecule has 0 amide bonds. The summed E-state index contributed by atoms with van der Waals surface area (Å²) in [6, 6.07) is 6.54. The third kappa shape index (κ3) is 3.14. The number of halogens is 5. The minimum Gasteiger partial charge on any atom is -0.397 e. The molecule has 0 spiro atoms. The zero-order chi connectivity index (χ0) is 14.9. The van der Waals surface area contributed by atoms with Gasteiger partial charge in [-0.2, -0.15) is 13.2 Å². The molecular formula is C13H9ClF4N2. The second kappa shape index (κ2) is 5.20. The Hall–Kier alpha value is -1.95. The fraction of sp³-hybridized carbons (Fsp3) is 0.0769. The first-order valence-electron chi connectivity index (χ1n) is 5.46. The standard InChI is InChI=1S/C13H9ClF4N2/c14-9-6-8(15)2-4-11(9)20-12-3-1-7(5-10(12)19)13(16,17)18/h1-6,20H,19H2. The lowest BCUT2D eigenvalue weighted by Gasteiger charge is -2.13. The fourth-order valence-electron chi connectivity index (χ4n) is 1.59. The minimum atomic E-state index is -4.46. The van der Waals surface area contributed by atoms with E-state index >= 15 is 0 Å². The minimum absolute atomic E-state index is 0.0831. The van der Waals surface area contributed by atoms with Crippen LogP contribution in [0.15, 0.2) is 36.4 Å². The van der Waals surface area contributed by atoms with Crippen LogP contribution in [-0.2, 0) is 6.18 Å². The Morgan fingerprint density at radius 3 is 2.20 bits per heavy atom. The van der Waals surface area contributed by atoms with Crippen LogP contribution in [0, 0.1) is 5.82 Å². The molecule has 2 aromatic rings. The summed E-state index contributed by atoms with van der Waals surface area (Å²) in [6.07, 6.45) is -4.46. The van der Waals surface area contributed by atoms with Crippen LogP contribution < -0.4 is 11.1 Å². The number of nitrogens with two attached hydrogens (primary N) is 1. The molecule has 106 valence electrons. The average Bonchev–Trinajstić information content (AvgIpc) is 2.33. The van der Waals surface area contributed by atoms with Gasteiger partial charge in [-0.1, -0.05) is 11.6 Å². The number of anilines is 3. The van der Waals surface area contributed by atoms with Crippen molar-refractivity contribution >= 4 is 28.7 Å². The summed E-state index contributed by atoms with van der Waals surface area (Å²) in [7, 11) is 0. The number of alkyl halides is 3. The maximum Gasteiger partial charge on any atom is 0.416 e. The predicted octanol–water partition coefficient (Wildman–Crippen LogP) is 4.82. The highest BCUT2D eigenvalue weighted by atomic mass is 35.5. The van der Waals surface area contributed by atoms with Crippen molar-refractivity contribution < 1.29 is 17.6 Å². The van der Waals surface area contributed by atoms with Crippen molar-refractivity contribution in [2.75, 3.05) is 11.1 Å². The van der Waals surface area contributed by atoms with Gasteiger partial charge in [-0.05, 0) is 36.4 Å². The van der Waals surface area contributed by atoms with E-state index in [-0.39, 0.29) is 16.4 Å². The smallest absolute Gasteiger partial charge is 0.397 e. The number of rotatable bonds is 2. The molecule has 3 N–H and O–H groups in total. The van der Waals surface area contributed by atoms with Crippen LogP contribution in [0.25, 0.3) is 0 Å². The van der Waals surface area contributed by atoms with E-state index in [9.17, 15) is 17.6 Å². The molecule has 0 fully saturated rings. The molecule has 0 saturated carbocycles. The van der Waals surface area contributed by atoms with Gasteiger partial charge in [-0.15, -0.1) is 0 Å². The van der Waals surface area contributed by atoms with Gasteiger partial charge in [-0.25, -0.2) is 4.39 Å². The second-order valence-corrected chi connectivity index (χ2v) is 4.46. The molecule has 0 aliphatic rings. The molecule has 2 nitrogen and oxygen atoms in total. The van der Waals surface area contributed by atoms with E-state index in [2.05, 4.69) is 5.32 Å². The molecule has 0 saturated heterocycles. The van der Waals surface area contributed by atoms with Crippen molar-refractivity contribution in [1.82, 2.24) is 0 Å². The Labute approximate surface area is 117 Å². The van der Waals surface area contributed by atoms with Crippen molar-refractivity contribution in [3.05, 3.63) is 52.8 Å². The van der Waals surface area contributed by atoms with Gasteiger partial charge in [-0.3, -0.25) is 0 Å². The molecule has 0 aromatic heterocycles. The van der Waals surface area contributed by atoms with Crippen LogP contribution in [0.1, 0.15) is 5.56 Å². The summed E-state index contributed by atoms with van der Waals surface area (Å²) < 4.78 is 50.4. The molecule has 0 atom stereocenters. The largest absolute Gasteiger partial charge is 0.416 e. The molecule has 0 bridgehead atoms. The number of nitrogen functional groups attached to an aromatic ring is 1. The van der Waals surface area contributed by atoms with E-state index in [1.807, 2.05) is 0 Å². The fourth-order valence-corrected chi connectivity index (χ4v) is 1.80. The van der Waals surface area contributed by atoms with E-state index in [1.54, 1.807) is 0 Å². The Kier molecular flexibility index (Phi) is 3.76. The first-order valence-corrected chi connectivity index (χ1v) is 5.84. The Balaban J connectivity index is 2.30. The molecule has 20 heavy (non-hydrogen) atoms. The molecule has 0 aliphatic carbocycles. The number of benzene rings is 2. The molecule has 0 radical (unpaired) electrons. The van der Waals surface area contributed by atoms with Gasteiger partial charge in [0, 0.05) is 0 Å². The normalized spacial score (nSPS) is 11.4. The van der Waals surface area contributed by atoms with Crippen LogP contribution in [0.2, 0.25) is 5.02 Å². The number of nitrogens with one attached hydrogen (secondary N) is 1. The molecule has 0 unspecified atom stereocenters. The van der Waals surface area contributed by atoms with Gasteiger partial charge in [0.1, 0.15) is 5.82 Å². The Bertz CT molecular complexity index is 641. The lowest BCUT2D eigenvalue weighted by molar-refractivity contribution is -0.137. The highest BCUT2D eigenvalue weighted by Gasteiger charge is 2.30. The molecule has 2 aromatic carbocycles. The van der Waals surface area contributed by atoms with Crippen LogP contribution in [0.4, 0.5) is 34.6 Å². The van der Waals surface area contributed by atoms with Gasteiger partial charge < -0.3 is 11.1 Å². The van der Waals surface area contributed by atoms with Crippen molar-refractivity contribution in [3.63, 3.8) is 0 Å². The van der Waals surface area contributed by atoms with E-state index in [1.165, 1.54) is 18.2 Å². The van der Waals surface area contributed by atoms with Crippen molar-refractivity contribution in [1.29, 1.82) is 0 Å². The lowest BCUT2D eigenvalue weighted by Crippen LogP contribution is -2.06. The molecular weight excluding hydrogens is 296 g/mol. The van der Waals surface area contributed by atoms with Crippen molar-refractivity contribution in [3.8, 4) is 0 Å². The van der Waals surface area contributed by atoms with Crippen molar-refractivity contribution in [2.45, 2.75) is 6.18 Å². The topological polar surface area (TPSA) is 38.0 Å². The zero-order valence-corrected chi connectivity index (χ0v) is 10.7. The third-order valence-corrected chi connectivity index (χ3v) is 2.89. The van der Waals surface area contributed by atoms with E-state index in [4.69, 9.17) is 17.3 Å². The maximum absolute atomic E-state index is 12.9. The predicted molar refractivity (Wildman–Crippen MR) is 70.5 cm³/mol. The first kappa shape index (κ1) is 14.5. The summed E-state index contributed by atoms with van der Waals surface area (Å²) in [4.78, 5) is 0. The zero-order valence-electron chi connectivity index (χ0n) is 9.93. The monoisotopic (exact) mass is 304 g/mol. The van der Waals surface area contributed by atoms with E-state index in [0.717, 1.165) is 18.2 Å². The third-order valence-electron chi connectivity index (χ3n) is 2.58. The van der Waals surface area contributed by atoms with Crippen LogP contribution in [0.3, 0.4) is 0 Å².